The number of allylic oxidation sites excluding steroid dienone is 2. The Kier molecular flexibility index (Phi) is 4.90. The monoisotopic (exact) mass is 309 g/mol. The Labute approximate surface area is 129 Å². The van der Waals surface area contributed by atoms with Crippen molar-refractivity contribution in [1.29, 1.82) is 0 Å². The second kappa shape index (κ2) is 6.47. The van der Waals surface area contributed by atoms with Gasteiger partial charge in [-0.1, -0.05) is 29.3 Å². The summed E-state index contributed by atoms with van der Waals surface area (Å²) in [6.45, 7) is 6.41. The Morgan fingerprint density at radius 1 is 1.40 bits per heavy atom. The van der Waals surface area contributed by atoms with Gasteiger partial charge in [0.2, 0.25) is 0 Å². The summed E-state index contributed by atoms with van der Waals surface area (Å²) in [6.07, 6.45) is 2.62. The molecular formula is C16H17Cl2NO. The van der Waals surface area contributed by atoms with Crippen LogP contribution in [0.2, 0.25) is 5.02 Å². The molecule has 1 heterocycles. The number of fused-ring (bicyclic) bond motifs is 1. The van der Waals surface area contributed by atoms with Crippen molar-refractivity contribution in [2.24, 2.45) is 0 Å². The first-order chi connectivity index (χ1) is 9.52. The number of aromatic nitrogens is 1. The molecule has 0 fully saturated rings. The summed E-state index contributed by atoms with van der Waals surface area (Å²) >= 11 is 12.4. The van der Waals surface area contributed by atoms with Crippen LogP contribution in [0.4, 0.5) is 0 Å². The molecule has 0 spiro atoms. The molecule has 0 aliphatic rings. The third-order valence-corrected chi connectivity index (χ3v) is 3.68. The van der Waals surface area contributed by atoms with E-state index in [4.69, 9.17) is 27.9 Å². The summed E-state index contributed by atoms with van der Waals surface area (Å²) in [5.41, 5.74) is 2.82. The van der Waals surface area contributed by atoms with Crippen molar-refractivity contribution in [2.45, 2.75) is 27.2 Å². The van der Waals surface area contributed by atoms with Gasteiger partial charge in [0.1, 0.15) is 5.75 Å². The van der Waals surface area contributed by atoms with Gasteiger partial charge in [-0.2, -0.15) is 0 Å². The first-order valence-electron chi connectivity index (χ1n) is 6.56. The van der Waals surface area contributed by atoms with Crippen LogP contribution in [0.3, 0.4) is 0 Å². The number of aryl methyl sites for hydroxylation is 1. The number of halogens is 2. The average molecular weight is 310 g/mol. The summed E-state index contributed by atoms with van der Waals surface area (Å²) in [6, 6.07) is 5.79. The Balaban J connectivity index is 2.56. The van der Waals surface area contributed by atoms with Gasteiger partial charge in [0.05, 0.1) is 17.1 Å². The Morgan fingerprint density at radius 3 is 2.80 bits per heavy atom. The predicted octanol–water partition coefficient (Wildman–Crippen LogP) is 5.28. The number of benzene rings is 1. The van der Waals surface area contributed by atoms with Crippen molar-refractivity contribution >= 4 is 34.1 Å². The van der Waals surface area contributed by atoms with Crippen LogP contribution in [0, 0.1) is 6.92 Å². The quantitative estimate of drug-likeness (QED) is 0.766. The van der Waals surface area contributed by atoms with Crippen LogP contribution < -0.4 is 4.74 Å². The van der Waals surface area contributed by atoms with Gasteiger partial charge in [0, 0.05) is 16.1 Å². The maximum Gasteiger partial charge on any atom is 0.120 e. The minimum absolute atomic E-state index is 0.628. The van der Waals surface area contributed by atoms with Gasteiger partial charge in [0.15, 0.2) is 0 Å². The van der Waals surface area contributed by atoms with E-state index >= 15 is 0 Å². The molecule has 0 N–H and O–H groups in total. The molecule has 0 saturated heterocycles. The first-order valence-corrected chi connectivity index (χ1v) is 7.32. The summed E-state index contributed by atoms with van der Waals surface area (Å²) in [7, 11) is 0. The van der Waals surface area contributed by atoms with Crippen LogP contribution in [-0.2, 0) is 6.42 Å². The molecule has 2 rings (SSSR count). The molecule has 2 aromatic rings. The van der Waals surface area contributed by atoms with Gasteiger partial charge in [-0.25, -0.2) is 0 Å². The minimum atomic E-state index is 0.628. The second-order valence-electron chi connectivity index (χ2n) is 4.60. The molecule has 0 saturated carbocycles. The largest absolute Gasteiger partial charge is 0.494 e. The highest BCUT2D eigenvalue weighted by Crippen LogP contribution is 2.31. The van der Waals surface area contributed by atoms with E-state index < -0.39 is 0 Å². The zero-order chi connectivity index (χ0) is 14.7. The molecule has 20 heavy (non-hydrogen) atoms. The maximum atomic E-state index is 6.53. The van der Waals surface area contributed by atoms with Gasteiger partial charge in [-0.15, -0.1) is 0 Å². The summed E-state index contributed by atoms with van der Waals surface area (Å²) in [5, 5.41) is 2.39. The van der Waals surface area contributed by atoms with Crippen LogP contribution in [0.1, 0.15) is 25.1 Å². The molecule has 4 heteroatoms. The van der Waals surface area contributed by atoms with E-state index in [0.717, 1.165) is 38.0 Å². The van der Waals surface area contributed by atoms with E-state index in [-0.39, 0.29) is 0 Å². The van der Waals surface area contributed by atoms with Gasteiger partial charge < -0.3 is 4.74 Å². The van der Waals surface area contributed by atoms with E-state index in [1.807, 2.05) is 45.0 Å². The number of nitrogens with zero attached hydrogens (tertiary/aromatic N) is 1. The van der Waals surface area contributed by atoms with Crippen molar-refractivity contribution in [3.8, 4) is 5.75 Å². The van der Waals surface area contributed by atoms with E-state index in [1.54, 1.807) is 0 Å². The summed E-state index contributed by atoms with van der Waals surface area (Å²) < 4.78 is 5.52. The molecule has 0 bridgehead atoms. The Morgan fingerprint density at radius 2 is 2.15 bits per heavy atom. The molecule has 106 valence electrons. The highest BCUT2D eigenvalue weighted by atomic mass is 35.5. The predicted molar refractivity (Wildman–Crippen MR) is 86.0 cm³/mol. The summed E-state index contributed by atoms with van der Waals surface area (Å²) in [4.78, 5) is 4.60. The number of rotatable bonds is 4. The lowest BCUT2D eigenvalue weighted by molar-refractivity contribution is 0.340. The molecular weight excluding hydrogens is 293 g/mol. The topological polar surface area (TPSA) is 22.1 Å². The van der Waals surface area contributed by atoms with Crippen molar-refractivity contribution in [3.05, 3.63) is 45.6 Å². The van der Waals surface area contributed by atoms with Crippen molar-refractivity contribution in [2.75, 3.05) is 6.61 Å². The number of hydrogen-bond donors (Lipinski definition) is 0. The third kappa shape index (κ3) is 3.25. The third-order valence-electron chi connectivity index (χ3n) is 3.09. The Bertz CT molecular complexity index is 661. The first kappa shape index (κ1) is 15.1. The normalized spacial score (nSPS) is 11.9. The van der Waals surface area contributed by atoms with Crippen LogP contribution in [-0.4, -0.2) is 11.6 Å². The van der Waals surface area contributed by atoms with E-state index in [9.17, 15) is 0 Å². The second-order valence-corrected chi connectivity index (χ2v) is 5.57. The fourth-order valence-electron chi connectivity index (χ4n) is 2.09. The lowest BCUT2D eigenvalue weighted by atomic mass is 10.1. The molecule has 1 aromatic carbocycles. The molecule has 1 aromatic heterocycles. The SMILES string of the molecule is CCOc1ccc2nc(C)c(C/C=C(/C)Cl)c(Cl)c2c1. The van der Waals surface area contributed by atoms with Gasteiger partial charge in [-0.3, -0.25) is 4.98 Å². The van der Waals surface area contributed by atoms with Crippen LogP contribution in [0.15, 0.2) is 29.3 Å². The standard InChI is InChI=1S/C16H17Cl2NO/c1-4-20-12-6-8-15-14(9-12)16(18)13(11(3)19-15)7-5-10(2)17/h5-6,8-9H,4,7H2,1-3H3/b10-5-. The zero-order valence-electron chi connectivity index (χ0n) is 11.8. The maximum absolute atomic E-state index is 6.53. The van der Waals surface area contributed by atoms with Gasteiger partial charge in [-0.05, 0) is 51.0 Å². The van der Waals surface area contributed by atoms with Crippen molar-refractivity contribution in [1.82, 2.24) is 4.98 Å². The van der Waals surface area contributed by atoms with Crippen molar-refractivity contribution in [3.63, 3.8) is 0 Å². The van der Waals surface area contributed by atoms with Crippen molar-refractivity contribution < 1.29 is 4.74 Å². The van der Waals surface area contributed by atoms with Crippen LogP contribution in [0.25, 0.3) is 10.9 Å². The number of hydrogen-bond acceptors (Lipinski definition) is 2. The molecule has 0 aliphatic carbocycles. The zero-order valence-corrected chi connectivity index (χ0v) is 13.3. The highest BCUT2D eigenvalue weighted by Gasteiger charge is 2.11. The smallest absolute Gasteiger partial charge is 0.120 e. The van der Waals surface area contributed by atoms with Gasteiger partial charge >= 0.3 is 0 Å². The van der Waals surface area contributed by atoms with Crippen LogP contribution in [0.5, 0.6) is 5.75 Å². The molecule has 0 amide bonds. The van der Waals surface area contributed by atoms with E-state index in [2.05, 4.69) is 4.98 Å². The Hall–Kier alpha value is -1.25. The van der Waals surface area contributed by atoms with E-state index in [1.165, 1.54) is 0 Å². The lowest BCUT2D eigenvalue weighted by Gasteiger charge is -2.11. The number of pyridine rings is 1. The summed E-state index contributed by atoms with van der Waals surface area (Å²) in [5.74, 6) is 0.808. The molecule has 0 radical (unpaired) electrons. The fourth-order valence-corrected chi connectivity index (χ4v) is 2.54. The molecule has 0 atom stereocenters. The lowest BCUT2D eigenvalue weighted by Crippen LogP contribution is -1.97. The molecule has 2 nitrogen and oxygen atoms in total. The fraction of sp³-hybridized carbons (Fsp3) is 0.312. The van der Waals surface area contributed by atoms with Gasteiger partial charge in [0.25, 0.3) is 0 Å². The molecule has 0 unspecified atom stereocenters. The van der Waals surface area contributed by atoms with E-state index in [0.29, 0.717) is 13.0 Å². The highest BCUT2D eigenvalue weighted by molar-refractivity contribution is 6.36. The van der Waals surface area contributed by atoms with Crippen LogP contribution >= 0.6 is 23.2 Å². The minimum Gasteiger partial charge on any atom is -0.494 e. The number of ether oxygens (including phenoxy) is 1. The average Bonchev–Trinajstić information content (AvgIpc) is 2.39. The molecule has 0 aliphatic heterocycles.